The van der Waals surface area contributed by atoms with E-state index in [0.717, 1.165) is 0 Å². The van der Waals surface area contributed by atoms with E-state index in [1.54, 1.807) is 32.2 Å². The molecule has 0 fully saturated rings. The number of rotatable bonds is 3. The van der Waals surface area contributed by atoms with Gasteiger partial charge >= 0.3 is 0 Å². The molecular formula is C11H14N2O2. The minimum atomic E-state index is -0.461. The normalized spacial score (nSPS) is 11.9. The molecule has 15 heavy (non-hydrogen) atoms. The molecule has 0 saturated carbocycles. The van der Waals surface area contributed by atoms with Crippen LogP contribution in [0.2, 0.25) is 0 Å². The van der Waals surface area contributed by atoms with Gasteiger partial charge in [0, 0.05) is 11.9 Å². The maximum absolute atomic E-state index is 11.7. The van der Waals surface area contributed by atoms with Gasteiger partial charge in [0.05, 0.1) is 11.6 Å². The molecule has 4 heteroatoms. The standard InChI is InChI=1S/C11H14N2O2/c1-7(9(3)14)13-11(15)10-5-4-6-12-8(10)2/h4-7H,1-3H3,(H,13,15). The smallest absolute Gasteiger partial charge is 0.253 e. The van der Waals surface area contributed by atoms with E-state index in [4.69, 9.17) is 0 Å². The van der Waals surface area contributed by atoms with Crippen LogP contribution in [0.5, 0.6) is 0 Å². The second kappa shape index (κ2) is 4.68. The Labute approximate surface area is 88.7 Å². The summed E-state index contributed by atoms with van der Waals surface area (Å²) < 4.78 is 0. The number of Topliss-reactive ketones (excluding diaryl/α,β-unsaturated/α-hetero) is 1. The minimum Gasteiger partial charge on any atom is -0.342 e. The van der Waals surface area contributed by atoms with Gasteiger partial charge in [0.15, 0.2) is 5.78 Å². The molecule has 0 spiro atoms. The average Bonchev–Trinajstić information content (AvgIpc) is 2.18. The molecule has 1 amide bonds. The van der Waals surface area contributed by atoms with E-state index in [9.17, 15) is 9.59 Å². The number of ketones is 1. The zero-order chi connectivity index (χ0) is 11.4. The summed E-state index contributed by atoms with van der Waals surface area (Å²) in [5.41, 5.74) is 1.16. The van der Waals surface area contributed by atoms with Gasteiger partial charge in [-0.25, -0.2) is 0 Å². The summed E-state index contributed by atoms with van der Waals surface area (Å²) in [4.78, 5) is 26.6. The number of hydrogen-bond donors (Lipinski definition) is 1. The summed E-state index contributed by atoms with van der Waals surface area (Å²) in [5, 5.41) is 2.61. The first-order chi connectivity index (χ1) is 7.02. The van der Waals surface area contributed by atoms with Crippen LogP contribution in [0.15, 0.2) is 18.3 Å². The van der Waals surface area contributed by atoms with Crippen molar-refractivity contribution in [2.24, 2.45) is 0 Å². The molecule has 0 aliphatic heterocycles. The molecule has 0 aromatic carbocycles. The van der Waals surface area contributed by atoms with E-state index in [0.29, 0.717) is 11.3 Å². The molecule has 0 bridgehead atoms. The number of aryl methyl sites for hydroxylation is 1. The fraction of sp³-hybridized carbons (Fsp3) is 0.364. The highest BCUT2D eigenvalue weighted by atomic mass is 16.2. The molecule has 1 aromatic heterocycles. The summed E-state index contributed by atoms with van der Waals surface area (Å²) in [6.45, 7) is 4.86. The highest BCUT2D eigenvalue weighted by molar-refractivity contribution is 5.98. The lowest BCUT2D eigenvalue weighted by atomic mass is 10.1. The summed E-state index contributed by atoms with van der Waals surface area (Å²) in [5.74, 6) is -0.326. The van der Waals surface area contributed by atoms with Crippen LogP contribution >= 0.6 is 0 Å². The van der Waals surface area contributed by atoms with Gasteiger partial charge in [-0.2, -0.15) is 0 Å². The van der Waals surface area contributed by atoms with Crippen LogP contribution in [0.3, 0.4) is 0 Å². The summed E-state index contributed by atoms with van der Waals surface area (Å²) in [6.07, 6.45) is 1.63. The van der Waals surface area contributed by atoms with Crippen molar-refractivity contribution in [3.8, 4) is 0 Å². The van der Waals surface area contributed by atoms with Crippen molar-refractivity contribution in [3.63, 3.8) is 0 Å². The molecule has 1 atom stereocenters. The van der Waals surface area contributed by atoms with Gasteiger partial charge in [0.2, 0.25) is 0 Å². The third-order valence-corrected chi connectivity index (χ3v) is 2.21. The van der Waals surface area contributed by atoms with Crippen LogP contribution in [0, 0.1) is 6.92 Å². The fourth-order valence-corrected chi connectivity index (χ4v) is 1.10. The number of pyridine rings is 1. The average molecular weight is 206 g/mol. The van der Waals surface area contributed by atoms with Crippen LogP contribution < -0.4 is 5.32 Å². The molecule has 1 rings (SSSR count). The number of nitrogens with zero attached hydrogens (tertiary/aromatic N) is 1. The second-order valence-corrected chi connectivity index (χ2v) is 3.44. The first-order valence-corrected chi connectivity index (χ1v) is 4.75. The van der Waals surface area contributed by atoms with Gasteiger partial charge in [0.1, 0.15) is 0 Å². The number of hydrogen-bond acceptors (Lipinski definition) is 3. The highest BCUT2D eigenvalue weighted by Gasteiger charge is 2.14. The van der Waals surface area contributed by atoms with Crippen LogP contribution in [0.1, 0.15) is 29.9 Å². The molecule has 0 aliphatic rings. The first-order valence-electron chi connectivity index (χ1n) is 4.75. The molecular weight excluding hydrogens is 192 g/mol. The first kappa shape index (κ1) is 11.4. The van der Waals surface area contributed by atoms with E-state index in [1.807, 2.05) is 0 Å². The number of nitrogens with one attached hydrogen (secondary N) is 1. The molecule has 0 radical (unpaired) electrons. The van der Waals surface area contributed by atoms with E-state index < -0.39 is 6.04 Å². The number of carbonyl (C=O) groups excluding carboxylic acids is 2. The molecule has 1 heterocycles. The summed E-state index contributed by atoms with van der Waals surface area (Å²) in [6, 6.07) is 2.92. The largest absolute Gasteiger partial charge is 0.342 e. The van der Waals surface area contributed by atoms with Crippen LogP contribution in [-0.2, 0) is 4.79 Å². The van der Waals surface area contributed by atoms with Crippen LogP contribution in [0.4, 0.5) is 0 Å². The van der Waals surface area contributed by atoms with Crippen molar-refractivity contribution in [2.45, 2.75) is 26.8 Å². The maximum atomic E-state index is 11.7. The van der Waals surface area contributed by atoms with Crippen LogP contribution in [0.25, 0.3) is 0 Å². The summed E-state index contributed by atoms with van der Waals surface area (Å²) >= 11 is 0. The van der Waals surface area contributed by atoms with Crippen molar-refractivity contribution in [2.75, 3.05) is 0 Å². The Balaban J connectivity index is 2.78. The van der Waals surface area contributed by atoms with Crippen molar-refractivity contribution in [1.29, 1.82) is 0 Å². The maximum Gasteiger partial charge on any atom is 0.253 e. The molecule has 0 aliphatic carbocycles. The van der Waals surface area contributed by atoms with Crippen molar-refractivity contribution in [1.82, 2.24) is 10.3 Å². The third kappa shape index (κ3) is 2.87. The Bertz CT molecular complexity index is 388. The molecule has 0 saturated heterocycles. The fourth-order valence-electron chi connectivity index (χ4n) is 1.10. The molecule has 1 unspecified atom stereocenters. The van der Waals surface area contributed by atoms with E-state index in [-0.39, 0.29) is 11.7 Å². The van der Waals surface area contributed by atoms with Gasteiger partial charge < -0.3 is 5.32 Å². The van der Waals surface area contributed by atoms with E-state index in [1.165, 1.54) is 6.92 Å². The second-order valence-electron chi connectivity index (χ2n) is 3.44. The van der Waals surface area contributed by atoms with E-state index >= 15 is 0 Å². The Morgan fingerprint density at radius 3 is 2.67 bits per heavy atom. The van der Waals surface area contributed by atoms with Crippen molar-refractivity contribution in [3.05, 3.63) is 29.6 Å². The minimum absolute atomic E-state index is 0.0649. The Kier molecular flexibility index (Phi) is 3.55. The Morgan fingerprint density at radius 2 is 2.13 bits per heavy atom. The lowest BCUT2D eigenvalue weighted by Crippen LogP contribution is -2.37. The Hall–Kier alpha value is -1.71. The predicted octanol–water partition coefficient (Wildman–Crippen LogP) is 1.10. The topological polar surface area (TPSA) is 59.1 Å². The van der Waals surface area contributed by atoms with Crippen molar-refractivity contribution >= 4 is 11.7 Å². The molecule has 1 N–H and O–H groups in total. The van der Waals surface area contributed by atoms with Gasteiger partial charge in [-0.3, -0.25) is 14.6 Å². The lowest BCUT2D eigenvalue weighted by Gasteiger charge is -2.11. The van der Waals surface area contributed by atoms with Crippen LogP contribution in [-0.4, -0.2) is 22.7 Å². The quantitative estimate of drug-likeness (QED) is 0.805. The lowest BCUT2D eigenvalue weighted by molar-refractivity contribution is -0.118. The molecule has 4 nitrogen and oxygen atoms in total. The van der Waals surface area contributed by atoms with Crippen molar-refractivity contribution < 1.29 is 9.59 Å². The van der Waals surface area contributed by atoms with Gasteiger partial charge in [-0.15, -0.1) is 0 Å². The monoisotopic (exact) mass is 206 g/mol. The number of amides is 1. The zero-order valence-corrected chi connectivity index (χ0v) is 9.07. The molecule has 1 aromatic rings. The predicted molar refractivity (Wildman–Crippen MR) is 56.6 cm³/mol. The highest BCUT2D eigenvalue weighted by Crippen LogP contribution is 2.03. The number of aromatic nitrogens is 1. The Morgan fingerprint density at radius 1 is 1.47 bits per heavy atom. The zero-order valence-electron chi connectivity index (χ0n) is 9.07. The SMILES string of the molecule is CC(=O)C(C)NC(=O)c1cccnc1C. The third-order valence-electron chi connectivity index (χ3n) is 2.21. The van der Waals surface area contributed by atoms with E-state index in [2.05, 4.69) is 10.3 Å². The van der Waals surface area contributed by atoms with Gasteiger partial charge in [-0.05, 0) is 32.9 Å². The number of carbonyl (C=O) groups is 2. The van der Waals surface area contributed by atoms with Gasteiger partial charge in [-0.1, -0.05) is 0 Å². The molecule has 80 valence electrons. The summed E-state index contributed by atoms with van der Waals surface area (Å²) in [7, 11) is 0. The van der Waals surface area contributed by atoms with Gasteiger partial charge in [0.25, 0.3) is 5.91 Å².